The Labute approximate surface area is 121 Å². The number of benzene rings is 1. The van der Waals surface area contributed by atoms with Crippen molar-refractivity contribution in [3.05, 3.63) is 29.8 Å². The van der Waals surface area contributed by atoms with Crippen molar-refractivity contribution in [3.63, 3.8) is 0 Å². The molecule has 2 heterocycles. The van der Waals surface area contributed by atoms with Crippen LogP contribution in [0.3, 0.4) is 0 Å². The highest BCUT2D eigenvalue weighted by Gasteiger charge is 2.28. The molecule has 2 N–H and O–H groups in total. The van der Waals surface area contributed by atoms with E-state index in [0.29, 0.717) is 5.46 Å². The van der Waals surface area contributed by atoms with Crippen molar-refractivity contribution in [1.29, 1.82) is 0 Å². The lowest BCUT2D eigenvalue weighted by Crippen LogP contribution is -2.35. The minimum Gasteiger partial charge on any atom is -0.423 e. The van der Waals surface area contributed by atoms with Crippen molar-refractivity contribution in [2.75, 3.05) is 26.2 Å². The maximum absolute atomic E-state index is 9.09. The molecule has 1 atom stereocenters. The van der Waals surface area contributed by atoms with Crippen LogP contribution in [0, 0.1) is 0 Å². The molecule has 2 saturated heterocycles. The quantitative estimate of drug-likeness (QED) is 0.761. The average Bonchev–Trinajstić information content (AvgIpc) is 3.09. The standard InChI is InChI=1S/C15H23BN2O2/c19-16(20)14-5-3-13(4-6-14)11-17-10-7-15(12-17)18-8-1-2-9-18/h3-6,15,19-20H,1-2,7-12H2. The van der Waals surface area contributed by atoms with Crippen LogP contribution in [-0.2, 0) is 6.54 Å². The molecule has 1 unspecified atom stereocenters. The third kappa shape index (κ3) is 3.23. The Morgan fingerprint density at radius 2 is 1.75 bits per heavy atom. The van der Waals surface area contributed by atoms with Crippen LogP contribution >= 0.6 is 0 Å². The summed E-state index contributed by atoms with van der Waals surface area (Å²) in [5, 5.41) is 18.2. The van der Waals surface area contributed by atoms with Gasteiger partial charge in [0.05, 0.1) is 0 Å². The lowest BCUT2D eigenvalue weighted by molar-refractivity contribution is 0.230. The molecule has 0 saturated carbocycles. The molecule has 0 spiro atoms. The average molecular weight is 274 g/mol. The number of nitrogens with zero attached hydrogens (tertiary/aromatic N) is 2. The van der Waals surface area contributed by atoms with E-state index in [-0.39, 0.29) is 0 Å². The van der Waals surface area contributed by atoms with E-state index >= 15 is 0 Å². The van der Waals surface area contributed by atoms with E-state index in [2.05, 4.69) is 9.80 Å². The molecular weight excluding hydrogens is 251 g/mol. The van der Waals surface area contributed by atoms with Gasteiger partial charge in [0.2, 0.25) is 0 Å². The molecule has 0 amide bonds. The third-order valence-corrected chi connectivity index (χ3v) is 4.59. The van der Waals surface area contributed by atoms with Crippen LogP contribution < -0.4 is 5.46 Å². The molecule has 0 bridgehead atoms. The highest BCUT2D eigenvalue weighted by molar-refractivity contribution is 6.58. The second-order valence-electron chi connectivity index (χ2n) is 6.04. The van der Waals surface area contributed by atoms with Gasteiger partial charge in [0.15, 0.2) is 0 Å². The van der Waals surface area contributed by atoms with Crippen LogP contribution in [0.4, 0.5) is 0 Å². The van der Waals surface area contributed by atoms with Gasteiger partial charge in [-0.2, -0.15) is 0 Å². The van der Waals surface area contributed by atoms with Gasteiger partial charge in [0.1, 0.15) is 0 Å². The fourth-order valence-electron chi connectivity index (χ4n) is 3.41. The molecular formula is C15H23BN2O2. The fraction of sp³-hybridized carbons (Fsp3) is 0.600. The van der Waals surface area contributed by atoms with E-state index in [0.717, 1.165) is 12.6 Å². The largest absolute Gasteiger partial charge is 0.488 e. The minimum atomic E-state index is -1.37. The molecule has 108 valence electrons. The second-order valence-corrected chi connectivity index (χ2v) is 6.04. The van der Waals surface area contributed by atoms with Gasteiger partial charge in [-0.15, -0.1) is 0 Å². The van der Waals surface area contributed by atoms with Gasteiger partial charge in [-0.25, -0.2) is 0 Å². The predicted molar refractivity (Wildman–Crippen MR) is 80.8 cm³/mol. The summed E-state index contributed by atoms with van der Waals surface area (Å²) in [5.74, 6) is 0. The Bertz CT molecular complexity index is 432. The number of likely N-dealkylation sites (tertiary alicyclic amines) is 2. The van der Waals surface area contributed by atoms with Crippen molar-refractivity contribution in [2.45, 2.75) is 31.8 Å². The molecule has 1 aromatic rings. The first-order valence-corrected chi connectivity index (χ1v) is 7.64. The number of hydrogen-bond donors (Lipinski definition) is 2. The third-order valence-electron chi connectivity index (χ3n) is 4.59. The summed E-state index contributed by atoms with van der Waals surface area (Å²) < 4.78 is 0. The summed E-state index contributed by atoms with van der Waals surface area (Å²) in [5.41, 5.74) is 1.81. The van der Waals surface area contributed by atoms with Crippen LogP contribution in [0.25, 0.3) is 0 Å². The normalized spacial score (nSPS) is 24.4. The van der Waals surface area contributed by atoms with Gasteiger partial charge in [0.25, 0.3) is 0 Å². The van der Waals surface area contributed by atoms with E-state index < -0.39 is 7.12 Å². The summed E-state index contributed by atoms with van der Waals surface area (Å²) in [4.78, 5) is 5.15. The monoisotopic (exact) mass is 274 g/mol. The van der Waals surface area contributed by atoms with Crippen molar-refractivity contribution >= 4 is 12.6 Å². The molecule has 2 fully saturated rings. The smallest absolute Gasteiger partial charge is 0.423 e. The van der Waals surface area contributed by atoms with Crippen LogP contribution in [0.15, 0.2) is 24.3 Å². The van der Waals surface area contributed by atoms with Crippen LogP contribution in [-0.4, -0.2) is 59.2 Å². The number of rotatable bonds is 4. The SMILES string of the molecule is OB(O)c1ccc(CN2CCC(N3CCCC3)C2)cc1. The maximum atomic E-state index is 9.09. The summed E-state index contributed by atoms with van der Waals surface area (Å²) in [7, 11) is -1.37. The van der Waals surface area contributed by atoms with E-state index in [4.69, 9.17) is 10.0 Å². The lowest BCUT2D eigenvalue weighted by Gasteiger charge is -2.23. The van der Waals surface area contributed by atoms with Gasteiger partial charge in [-0.3, -0.25) is 9.80 Å². The van der Waals surface area contributed by atoms with E-state index in [1.807, 2.05) is 12.1 Å². The van der Waals surface area contributed by atoms with E-state index in [1.54, 1.807) is 12.1 Å². The maximum Gasteiger partial charge on any atom is 0.488 e. The second kappa shape index (κ2) is 6.27. The Morgan fingerprint density at radius 3 is 2.40 bits per heavy atom. The topological polar surface area (TPSA) is 46.9 Å². The molecule has 20 heavy (non-hydrogen) atoms. The van der Waals surface area contributed by atoms with Gasteiger partial charge in [-0.05, 0) is 43.4 Å². The molecule has 0 aromatic heterocycles. The Balaban J connectivity index is 1.53. The van der Waals surface area contributed by atoms with Crippen LogP contribution in [0.2, 0.25) is 0 Å². The van der Waals surface area contributed by atoms with Gasteiger partial charge in [-0.1, -0.05) is 24.3 Å². The van der Waals surface area contributed by atoms with Crippen LogP contribution in [0.1, 0.15) is 24.8 Å². The molecule has 5 heteroatoms. The fourth-order valence-corrected chi connectivity index (χ4v) is 3.41. The molecule has 0 aliphatic carbocycles. The van der Waals surface area contributed by atoms with Crippen molar-refractivity contribution < 1.29 is 10.0 Å². The summed E-state index contributed by atoms with van der Waals surface area (Å²) >= 11 is 0. The van der Waals surface area contributed by atoms with Gasteiger partial charge < -0.3 is 10.0 Å². The number of hydrogen-bond acceptors (Lipinski definition) is 4. The molecule has 4 nitrogen and oxygen atoms in total. The summed E-state index contributed by atoms with van der Waals surface area (Å²) in [6.07, 6.45) is 4.01. The van der Waals surface area contributed by atoms with Crippen molar-refractivity contribution in [2.24, 2.45) is 0 Å². The molecule has 0 radical (unpaired) electrons. The first-order chi connectivity index (χ1) is 9.72. The van der Waals surface area contributed by atoms with E-state index in [1.165, 1.54) is 51.0 Å². The zero-order valence-electron chi connectivity index (χ0n) is 11.9. The van der Waals surface area contributed by atoms with E-state index in [9.17, 15) is 0 Å². The molecule has 3 rings (SSSR count). The minimum absolute atomic E-state index is 0.560. The predicted octanol–water partition coefficient (Wildman–Crippen LogP) is 0.0365. The Hall–Kier alpha value is -0.875. The molecule has 2 aliphatic rings. The summed E-state index contributed by atoms with van der Waals surface area (Å²) in [6.45, 7) is 5.87. The van der Waals surface area contributed by atoms with Crippen molar-refractivity contribution in [3.8, 4) is 0 Å². The highest BCUT2D eigenvalue weighted by Crippen LogP contribution is 2.21. The Morgan fingerprint density at radius 1 is 1.05 bits per heavy atom. The summed E-state index contributed by atoms with van der Waals surface area (Å²) in [6, 6.07) is 8.34. The first kappa shape index (κ1) is 14.1. The first-order valence-electron chi connectivity index (χ1n) is 7.64. The van der Waals surface area contributed by atoms with Crippen molar-refractivity contribution in [1.82, 2.24) is 9.80 Å². The van der Waals surface area contributed by atoms with Gasteiger partial charge >= 0.3 is 7.12 Å². The van der Waals surface area contributed by atoms with Crippen LogP contribution in [0.5, 0.6) is 0 Å². The molecule has 2 aliphatic heterocycles. The Kier molecular flexibility index (Phi) is 4.41. The van der Waals surface area contributed by atoms with Gasteiger partial charge in [0, 0.05) is 25.7 Å². The lowest BCUT2D eigenvalue weighted by atomic mass is 9.80. The molecule has 1 aromatic carbocycles. The highest BCUT2D eigenvalue weighted by atomic mass is 16.4. The zero-order valence-corrected chi connectivity index (χ0v) is 11.9. The zero-order chi connectivity index (χ0) is 13.9.